The molecule has 4 heteroatoms. The van der Waals surface area contributed by atoms with E-state index in [-0.39, 0.29) is 0 Å². The van der Waals surface area contributed by atoms with E-state index in [2.05, 4.69) is 15.9 Å². The van der Waals surface area contributed by atoms with E-state index in [1.54, 1.807) is 0 Å². The van der Waals surface area contributed by atoms with E-state index in [4.69, 9.17) is 11.6 Å². The summed E-state index contributed by atoms with van der Waals surface area (Å²) in [4.78, 5) is 0.854. The lowest BCUT2D eigenvalue weighted by atomic mass is 10.4. The summed E-state index contributed by atoms with van der Waals surface area (Å²) in [6, 6.07) is 7.56. The van der Waals surface area contributed by atoms with Crippen molar-refractivity contribution in [1.82, 2.24) is 0 Å². The van der Waals surface area contributed by atoms with Gasteiger partial charge in [-0.3, -0.25) is 0 Å². The summed E-state index contributed by atoms with van der Waals surface area (Å²) in [6.45, 7) is 0. The highest BCUT2D eigenvalue weighted by Crippen LogP contribution is 2.22. The predicted molar refractivity (Wildman–Crippen MR) is 60.8 cm³/mol. The van der Waals surface area contributed by atoms with Crippen molar-refractivity contribution in [2.24, 2.45) is 0 Å². The monoisotopic (exact) mass is 280 g/mol. The Labute approximate surface area is 94.8 Å². The van der Waals surface area contributed by atoms with Crippen molar-refractivity contribution in [3.63, 3.8) is 0 Å². The van der Waals surface area contributed by atoms with E-state index in [1.807, 2.05) is 24.3 Å². The number of hydrogen-bond acceptors (Lipinski definition) is 1. The molecule has 1 atom stereocenters. The van der Waals surface area contributed by atoms with E-state index >= 15 is 0 Å². The molecule has 0 spiro atoms. The molecule has 1 unspecified atom stereocenters. The lowest BCUT2D eigenvalue weighted by Gasteiger charge is -2.10. The first-order valence-electron chi connectivity index (χ1n) is 3.94. The molecule has 1 nitrogen and oxygen atoms in total. The Bertz CT molecular complexity index is 270. The van der Waals surface area contributed by atoms with Gasteiger partial charge in [-0.1, -0.05) is 12.1 Å². The molecule has 0 amide bonds. The average molecular weight is 282 g/mol. The fraction of sp³-hybridized carbons (Fsp3) is 0.333. The minimum Gasteiger partial charge on any atom is -0.611 e. The number of halogens is 2. The number of alkyl halides is 1. The van der Waals surface area contributed by atoms with Crippen molar-refractivity contribution in [2.45, 2.75) is 11.3 Å². The van der Waals surface area contributed by atoms with E-state index in [1.165, 1.54) is 0 Å². The Morgan fingerprint density at radius 3 is 2.69 bits per heavy atom. The van der Waals surface area contributed by atoms with Gasteiger partial charge in [0.25, 0.3) is 0 Å². The fourth-order valence-corrected chi connectivity index (χ4v) is 3.19. The van der Waals surface area contributed by atoms with E-state index in [9.17, 15) is 4.55 Å². The van der Waals surface area contributed by atoms with Crippen LogP contribution in [0.4, 0.5) is 0 Å². The largest absolute Gasteiger partial charge is 0.611 e. The summed E-state index contributed by atoms with van der Waals surface area (Å²) in [5, 5.41) is 0. The molecule has 0 saturated carbocycles. The zero-order valence-electron chi connectivity index (χ0n) is 7.00. The molecule has 0 saturated heterocycles. The molecule has 1 rings (SSSR count). The van der Waals surface area contributed by atoms with E-state index in [0.717, 1.165) is 15.8 Å². The van der Waals surface area contributed by atoms with Crippen LogP contribution >= 0.6 is 27.5 Å². The summed E-state index contributed by atoms with van der Waals surface area (Å²) in [6.07, 6.45) is 0.787. The fourth-order valence-electron chi connectivity index (χ4n) is 0.925. The Balaban J connectivity index is 2.65. The zero-order chi connectivity index (χ0) is 9.68. The van der Waals surface area contributed by atoms with E-state index < -0.39 is 11.2 Å². The van der Waals surface area contributed by atoms with Crippen molar-refractivity contribution in [3.05, 3.63) is 28.7 Å². The molecule has 1 aromatic rings. The van der Waals surface area contributed by atoms with Gasteiger partial charge in [0.05, 0.1) is 4.47 Å². The first-order valence-corrected chi connectivity index (χ1v) is 6.59. The summed E-state index contributed by atoms with van der Waals surface area (Å²) in [7, 11) is 0. The van der Waals surface area contributed by atoms with Gasteiger partial charge in [-0.05, 0) is 39.2 Å². The summed E-state index contributed by atoms with van der Waals surface area (Å²) in [5.41, 5.74) is 0. The van der Waals surface area contributed by atoms with Crippen molar-refractivity contribution in [2.75, 3.05) is 11.6 Å². The second-order valence-corrected chi connectivity index (χ2v) is 5.29. The lowest BCUT2D eigenvalue weighted by Crippen LogP contribution is -2.07. The Kier molecular flexibility index (Phi) is 5.17. The molecule has 0 fully saturated rings. The number of benzene rings is 1. The molecule has 0 aromatic heterocycles. The second kappa shape index (κ2) is 5.91. The molecule has 0 radical (unpaired) electrons. The molecular formula is C9H10BrClOS. The van der Waals surface area contributed by atoms with Crippen LogP contribution in [0.1, 0.15) is 6.42 Å². The van der Waals surface area contributed by atoms with Gasteiger partial charge < -0.3 is 4.55 Å². The molecule has 0 bridgehead atoms. The molecule has 0 N–H and O–H groups in total. The Morgan fingerprint density at radius 2 is 2.08 bits per heavy atom. The molecule has 1 aromatic carbocycles. The van der Waals surface area contributed by atoms with E-state index in [0.29, 0.717) is 11.6 Å². The van der Waals surface area contributed by atoms with Crippen molar-refractivity contribution in [1.29, 1.82) is 0 Å². The molecule has 0 aliphatic carbocycles. The maximum Gasteiger partial charge on any atom is 0.166 e. The normalized spacial score (nSPS) is 12.8. The third-order valence-corrected chi connectivity index (χ3v) is 4.27. The molecule has 0 aliphatic heterocycles. The quantitative estimate of drug-likeness (QED) is 0.614. The van der Waals surface area contributed by atoms with Crippen LogP contribution < -0.4 is 0 Å². The van der Waals surface area contributed by atoms with Gasteiger partial charge in [-0.15, -0.1) is 11.6 Å². The summed E-state index contributed by atoms with van der Waals surface area (Å²) >= 11 is 7.96. The van der Waals surface area contributed by atoms with Crippen LogP contribution in [0.5, 0.6) is 0 Å². The number of rotatable bonds is 4. The predicted octanol–water partition coefficient (Wildman–Crippen LogP) is 3.19. The Morgan fingerprint density at radius 1 is 1.38 bits per heavy atom. The zero-order valence-corrected chi connectivity index (χ0v) is 10.2. The van der Waals surface area contributed by atoms with Crippen LogP contribution in [-0.2, 0) is 11.2 Å². The van der Waals surface area contributed by atoms with Gasteiger partial charge in [0, 0.05) is 12.3 Å². The first-order chi connectivity index (χ1) is 6.25. The maximum atomic E-state index is 11.6. The van der Waals surface area contributed by atoms with Crippen LogP contribution in [0.2, 0.25) is 0 Å². The highest BCUT2D eigenvalue weighted by Gasteiger charge is 2.12. The minimum atomic E-state index is -0.926. The van der Waals surface area contributed by atoms with Crippen molar-refractivity contribution < 1.29 is 4.55 Å². The number of hydrogen-bond donors (Lipinski definition) is 0. The van der Waals surface area contributed by atoms with Crippen LogP contribution in [0.3, 0.4) is 0 Å². The SMILES string of the molecule is [O-][S+](CCCCl)c1ccccc1Br. The van der Waals surface area contributed by atoms with Gasteiger partial charge >= 0.3 is 0 Å². The van der Waals surface area contributed by atoms with Crippen molar-refractivity contribution in [3.8, 4) is 0 Å². The van der Waals surface area contributed by atoms with Crippen LogP contribution in [0, 0.1) is 0 Å². The molecule has 0 aliphatic rings. The lowest BCUT2D eigenvalue weighted by molar-refractivity contribution is 0.593. The molecule has 13 heavy (non-hydrogen) atoms. The van der Waals surface area contributed by atoms with Crippen LogP contribution in [0.25, 0.3) is 0 Å². The van der Waals surface area contributed by atoms with Gasteiger partial charge in [0.15, 0.2) is 4.90 Å². The van der Waals surface area contributed by atoms with Gasteiger partial charge in [0.1, 0.15) is 5.75 Å². The topological polar surface area (TPSA) is 23.1 Å². The molecule has 72 valence electrons. The minimum absolute atomic E-state index is 0.566. The van der Waals surface area contributed by atoms with Crippen LogP contribution in [0.15, 0.2) is 33.6 Å². The molecular weight excluding hydrogens is 272 g/mol. The maximum absolute atomic E-state index is 11.6. The Hall–Kier alpha value is 0.300. The van der Waals surface area contributed by atoms with Gasteiger partial charge in [-0.25, -0.2) is 0 Å². The van der Waals surface area contributed by atoms with Gasteiger partial charge in [-0.2, -0.15) is 0 Å². The highest BCUT2D eigenvalue weighted by molar-refractivity contribution is 9.10. The molecule has 0 heterocycles. The van der Waals surface area contributed by atoms with Gasteiger partial charge in [0.2, 0.25) is 0 Å². The third-order valence-electron chi connectivity index (χ3n) is 1.55. The third kappa shape index (κ3) is 3.50. The standard InChI is InChI=1S/C9H10BrClOS/c10-8-4-1-2-5-9(8)13(12)7-3-6-11/h1-2,4-5H,3,6-7H2. The average Bonchev–Trinajstić information content (AvgIpc) is 2.15. The summed E-state index contributed by atoms with van der Waals surface area (Å²) in [5.74, 6) is 1.20. The van der Waals surface area contributed by atoms with Crippen molar-refractivity contribution >= 4 is 38.7 Å². The highest BCUT2D eigenvalue weighted by atomic mass is 79.9. The second-order valence-electron chi connectivity index (χ2n) is 2.52. The summed E-state index contributed by atoms with van der Waals surface area (Å²) < 4.78 is 12.6. The smallest absolute Gasteiger partial charge is 0.166 e. The van der Waals surface area contributed by atoms with Crippen LogP contribution in [-0.4, -0.2) is 16.2 Å². The first kappa shape index (κ1) is 11.4.